The molecule has 2 aromatic rings. The highest BCUT2D eigenvalue weighted by molar-refractivity contribution is 8.18. The molecule has 1 aliphatic rings. The van der Waals surface area contributed by atoms with Crippen molar-refractivity contribution >= 4 is 34.6 Å². The number of aryl methyl sites for hydroxylation is 1. The second-order valence-corrected chi connectivity index (χ2v) is 6.25. The van der Waals surface area contributed by atoms with E-state index in [-0.39, 0.29) is 5.91 Å². The van der Waals surface area contributed by atoms with Gasteiger partial charge >= 0.3 is 0 Å². The minimum Gasteiger partial charge on any atom is -0.462 e. The summed E-state index contributed by atoms with van der Waals surface area (Å²) in [5.41, 5.74) is 0.810. The quantitative estimate of drug-likeness (QED) is 0.775. The molecule has 3 rings (SSSR count). The van der Waals surface area contributed by atoms with Gasteiger partial charge in [0.05, 0.1) is 23.7 Å². The number of amidine groups is 1. The van der Waals surface area contributed by atoms with Crippen LogP contribution in [0.3, 0.4) is 0 Å². The zero-order chi connectivity index (χ0) is 16.9. The van der Waals surface area contributed by atoms with Gasteiger partial charge in [0.1, 0.15) is 11.5 Å². The maximum Gasteiger partial charge on any atom is 0.266 e. The van der Waals surface area contributed by atoms with E-state index in [9.17, 15) is 4.79 Å². The maximum absolute atomic E-state index is 12.7. The predicted octanol–water partition coefficient (Wildman–Crippen LogP) is 3.84. The van der Waals surface area contributed by atoms with Gasteiger partial charge in [-0.2, -0.15) is 0 Å². The van der Waals surface area contributed by atoms with Crippen molar-refractivity contribution in [3.63, 3.8) is 0 Å². The van der Waals surface area contributed by atoms with Crippen LogP contribution in [0.5, 0.6) is 0 Å². The first-order valence-corrected chi connectivity index (χ1v) is 8.39. The summed E-state index contributed by atoms with van der Waals surface area (Å²) < 4.78 is 10.6. The van der Waals surface area contributed by atoms with Crippen molar-refractivity contribution in [2.24, 2.45) is 4.99 Å². The van der Waals surface area contributed by atoms with E-state index in [4.69, 9.17) is 9.15 Å². The number of hydrogen-bond acceptors (Lipinski definition) is 5. The Bertz CT molecular complexity index is 781. The molecule has 0 aliphatic carbocycles. The summed E-state index contributed by atoms with van der Waals surface area (Å²) in [5.74, 6) is 1.39. The number of carbonyl (C=O) groups is 1. The van der Waals surface area contributed by atoms with Crippen molar-refractivity contribution in [2.45, 2.75) is 6.92 Å². The number of aliphatic imine (C=N–C) groups is 1. The molecule has 1 aliphatic heterocycles. The predicted molar refractivity (Wildman–Crippen MR) is 96.1 cm³/mol. The lowest BCUT2D eigenvalue weighted by atomic mass is 10.3. The lowest BCUT2D eigenvalue weighted by molar-refractivity contribution is -0.122. The van der Waals surface area contributed by atoms with E-state index in [0.717, 1.165) is 11.4 Å². The minimum absolute atomic E-state index is 0.0826. The van der Waals surface area contributed by atoms with Gasteiger partial charge in [0, 0.05) is 13.2 Å². The molecule has 2 heterocycles. The highest BCUT2D eigenvalue weighted by Gasteiger charge is 2.33. The molecule has 1 saturated heterocycles. The van der Waals surface area contributed by atoms with E-state index >= 15 is 0 Å². The number of rotatable bonds is 5. The Morgan fingerprint density at radius 2 is 2.04 bits per heavy atom. The number of furan rings is 1. The molecule has 0 unspecified atom stereocenters. The van der Waals surface area contributed by atoms with Crippen molar-refractivity contribution in [1.82, 2.24) is 4.90 Å². The first kappa shape index (κ1) is 16.5. The summed E-state index contributed by atoms with van der Waals surface area (Å²) in [6.07, 6.45) is 1.76. The second kappa shape index (κ2) is 7.51. The molecule has 0 spiro atoms. The second-order valence-electron chi connectivity index (χ2n) is 5.24. The van der Waals surface area contributed by atoms with Crippen molar-refractivity contribution < 1.29 is 13.9 Å². The third-order valence-electron chi connectivity index (χ3n) is 3.42. The number of ether oxygens (including phenoxy) is 1. The van der Waals surface area contributed by atoms with Crippen molar-refractivity contribution in [3.05, 3.63) is 58.9 Å². The normalized spacial score (nSPS) is 18.1. The number of carbonyl (C=O) groups excluding carboxylic acids is 1. The van der Waals surface area contributed by atoms with Gasteiger partial charge in [0.15, 0.2) is 5.17 Å². The lowest BCUT2D eigenvalue weighted by Crippen LogP contribution is -2.32. The van der Waals surface area contributed by atoms with Crippen molar-refractivity contribution in [3.8, 4) is 0 Å². The largest absolute Gasteiger partial charge is 0.462 e. The number of para-hydroxylation sites is 1. The van der Waals surface area contributed by atoms with Crippen LogP contribution in [0.15, 0.2) is 56.8 Å². The number of hydrogen-bond donors (Lipinski definition) is 0. The molecule has 0 bridgehead atoms. The van der Waals surface area contributed by atoms with Crippen LogP contribution in [0.2, 0.25) is 0 Å². The van der Waals surface area contributed by atoms with Gasteiger partial charge in [0.25, 0.3) is 5.91 Å². The Hall–Kier alpha value is -2.31. The molecule has 6 heteroatoms. The van der Waals surface area contributed by atoms with Gasteiger partial charge in [-0.15, -0.1) is 0 Å². The highest BCUT2D eigenvalue weighted by atomic mass is 32.2. The zero-order valence-corrected chi connectivity index (χ0v) is 14.4. The molecule has 0 radical (unpaired) electrons. The molecule has 5 nitrogen and oxygen atoms in total. The fourth-order valence-electron chi connectivity index (χ4n) is 2.24. The summed E-state index contributed by atoms with van der Waals surface area (Å²) in [4.78, 5) is 19.5. The molecular formula is C18H18N2O3S. The van der Waals surface area contributed by atoms with Crippen molar-refractivity contribution in [2.75, 3.05) is 20.3 Å². The van der Waals surface area contributed by atoms with E-state index in [0.29, 0.717) is 29.0 Å². The SMILES string of the molecule is COCCN1C(=O)C(=Cc2ccc(C)o2)SC1=Nc1ccccc1. The summed E-state index contributed by atoms with van der Waals surface area (Å²) >= 11 is 1.35. The van der Waals surface area contributed by atoms with Crippen LogP contribution in [0.25, 0.3) is 6.08 Å². The Kier molecular flexibility index (Phi) is 5.17. The lowest BCUT2D eigenvalue weighted by Gasteiger charge is -2.14. The van der Waals surface area contributed by atoms with E-state index in [1.807, 2.05) is 49.4 Å². The smallest absolute Gasteiger partial charge is 0.266 e. The van der Waals surface area contributed by atoms with Gasteiger partial charge in [-0.3, -0.25) is 9.69 Å². The van der Waals surface area contributed by atoms with Crippen LogP contribution in [0.4, 0.5) is 5.69 Å². The van der Waals surface area contributed by atoms with Crippen LogP contribution < -0.4 is 0 Å². The van der Waals surface area contributed by atoms with Crippen LogP contribution in [0.1, 0.15) is 11.5 Å². The Balaban J connectivity index is 1.90. The third kappa shape index (κ3) is 3.77. The molecule has 124 valence electrons. The van der Waals surface area contributed by atoms with Gasteiger partial charge in [-0.1, -0.05) is 18.2 Å². The van der Waals surface area contributed by atoms with Crippen molar-refractivity contribution in [1.29, 1.82) is 0 Å². The van der Waals surface area contributed by atoms with E-state index < -0.39 is 0 Å². The number of amides is 1. The number of thioether (sulfide) groups is 1. The average Bonchev–Trinajstić information content (AvgIpc) is 3.11. The number of benzene rings is 1. The van der Waals surface area contributed by atoms with E-state index in [1.165, 1.54) is 11.8 Å². The van der Waals surface area contributed by atoms with E-state index in [1.54, 1.807) is 18.1 Å². The molecule has 0 N–H and O–H groups in total. The Morgan fingerprint density at radius 3 is 2.71 bits per heavy atom. The van der Waals surface area contributed by atoms with Crippen LogP contribution in [-0.2, 0) is 9.53 Å². The fraction of sp³-hybridized carbons (Fsp3) is 0.222. The first-order valence-electron chi connectivity index (χ1n) is 7.58. The molecule has 24 heavy (non-hydrogen) atoms. The fourth-order valence-corrected chi connectivity index (χ4v) is 3.25. The van der Waals surface area contributed by atoms with E-state index in [2.05, 4.69) is 4.99 Å². The minimum atomic E-state index is -0.0826. The number of nitrogens with zero attached hydrogens (tertiary/aromatic N) is 2. The third-order valence-corrected chi connectivity index (χ3v) is 4.43. The molecular weight excluding hydrogens is 324 g/mol. The van der Waals surface area contributed by atoms with Gasteiger partial charge in [-0.05, 0) is 43.0 Å². The van der Waals surface area contributed by atoms with Crippen LogP contribution >= 0.6 is 11.8 Å². The topological polar surface area (TPSA) is 55.0 Å². The Morgan fingerprint density at radius 1 is 1.25 bits per heavy atom. The average molecular weight is 342 g/mol. The summed E-state index contributed by atoms with van der Waals surface area (Å²) in [7, 11) is 1.62. The molecule has 1 aromatic carbocycles. The summed E-state index contributed by atoms with van der Waals surface area (Å²) in [5, 5.41) is 0.651. The first-order chi connectivity index (χ1) is 11.7. The van der Waals surface area contributed by atoms with Crippen LogP contribution in [-0.4, -0.2) is 36.2 Å². The molecule has 0 atom stereocenters. The highest BCUT2D eigenvalue weighted by Crippen LogP contribution is 2.34. The van der Waals surface area contributed by atoms with Gasteiger partial charge < -0.3 is 9.15 Å². The van der Waals surface area contributed by atoms with Gasteiger partial charge in [-0.25, -0.2) is 4.99 Å². The Labute approximate surface area is 145 Å². The molecule has 1 amide bonds. The maximum atomic E-state index is 12.7. The summed E-state index contributed by atoms with van der Waals surface area (Å²) in [6.45, 7) is 2.79. The summed E-state index contributed by atoms with van der Waals surface area (Å²) in [6, 6.07) is 13.3. The van der Waals surface area contributed by atoms with Crippen LogP contribution in [0, 0.1) is 6.92 Å². The molecule has 1 fully saturated rings. The monoisotopic (exact) mass is 342 g/mol. The zero-order valence-electron chi connectivity index (χ0n) is 13.6. The molecule has 1 aromatic heterocycles. The number of methoxy groups -OCH3 is 1. The molecule has 0 saturated carbocycles. The van der Waals surface area contributed by atoms with Gasteiger partial charge in [0.2, 0.25) is 0 Å². The standard InChI is InChI=1S/C18H18N2O3S/c1-13-8-9-15(23-13)12-16-17(21)20(10-11-22-2)18(24-16)19-14-6-4-3-5-7-14/h3-9,12H,10-11H2,1-2H3.